The molecule has 3 rings (SSSR count). The molecule has 3 nitrogen and oxygen atoms in total. The third kappa shape index (κ3) is 1.84. The van der Waals surface area contributed by atoms with Crippen LogP contribution in [-0.4, -0.2) is 9.97 Å². The van der Waals surface area contributed by atoms with Gasteiger partial charge in [-0.05, 0) is 34.1 Å². The minimum atomic E-state index is -0.314. The van der Waals surface area contributed by atoms with Crippen molar-refractivity contribution in [1.29, 1.82) is 0 Å². The average molecular weight is 309 g/mol. The third-order valence-corrected chi connectivity index (χ3v) is 3.38. The number of aromatic amines is 1. The molecular weight excluding hydrogens is 299 g/mol. The van der Waals surface area contributed by atoms with Crippen LogP contribution in [0.2, 0.25) is 0 Å². The Kier molecular flexibility index (Phi) is 2.70. The standard InChI is InChI=1S/C13H10BrFN2O/c1-2-7-3-4-12(18-7)13-16-10-5-8(14)9(15)6-11(10)17-13/h3-6H,2H2,1H3,(H,16,17). The average Bonchev–Trinajstić information content (AvgIpc) is 2.95. The molecule has 2 heterocycles. The molecule has 5 heteroatoms. The van der Waals surface area contributed by atoms with Crippen LogP contribution in [-0.2, 0) is 6.42 Å². The van der Waals surface area contributed by atoms with Gasteiger partial charge in [0.2, 0.25) is 0 Å². The van der Waals surface area contributed by atoms with Crippen molar-refractivity contribution >= 4 is 27.0 Å². The zero-order valence-corrected chi connectivity index (χ0v) is 11.2. The number of hydrogen-bond acceptors (Lipinski definition) is 2. The molecule has 0 radical (unpaired) electrons. The van der Waals surface area contributed by atoms with E-state index in [1.807, 2.05) is 19.1 Å². The van der Waals surface area contributed by atoms with E-state index in [9.17, 15) is 4.39 Å². The van der Waals surface area contributed by atoms with Gasteiger partial charge in [0, 0.05) is 12.5 Å². The van der Waals surface area contributed by atoms with Crippen molar-refractivity contribution in [1.82, 2.24) is 9.97 Å². The van der Waals surface area contributed by atoms with Gasteiger partial charge < -0.3 is 9.40 Å². The Morgan fingerprint density at radius 2 is 2.22 bits per heavy atom. The molecule has 92 valence electrons. The summed E-state index contributed by atoms with van der Waals surface area (Å²) >= 11 is 3.14. The van der Waals surface area contributed by atoms with Crippen LogP contribution in [0.15, 0.2) is 33.2 Å². The number of aromatic nitrogens is 2. The lowest BCUT2D eigenvalue weighted by Crippen LogP contribution is -1.77. The van der Waals surface area contributed by atoms with E-state index in [1.54, 1.807) is 6.07 Å². The molecule has 0 atom stereocenters. The Hall–Kier alpha value is -1.62. The minimum Gasteiger partial charge on any atom is -0.458 e. The lowest BCUT2D eigenvalue weighted by atomic mass is 10.3. The summed E-state index contributed by atoms with van der Waals surface area (Å²) in [4.78, 5) is 7.44. The Morgan fingerprint density at radius 3 is 2.94 bits per heavy atom. The van der Waals surface area contributed by atoms with Crippen LogP contribution in [0.5, 0.6) is 0 Å². The van der Waals surface area contributed by atoms with Crippen molar-refractivity contribution in [3.8, 4) is 11.6 Å². The normalized spacial score (nSPS) is 11.3. The first-order valence-corrected chi connectivity index (χ1v) is 6.40. The zero-order chi connectivity index (χ0) is 12.7. The van der Waals surface area contributed by atoms with Gasteiger partial charge in [-0.15, -0.1) is 0 Å². The van der Waals surface area contributed by atoms with E-state index in [4.69, 9.17) is 4.42 Å². The molecule has 0 spiro atoms. The van der Waals surface area contributed by atoms with E-state index in [2.05, 4.69) is 25.9 Å². The molecule has 2 aromatic heterocycles. The number of halogens is 2. The Labute approximate surface area is 111 Å². The van der Waals surface area contributed by atoms with Gasteiger partial charge in [-0.3, -0.25) is 0 Å². The molecule has 0 aliphatic rings. The number of nitrogens with one attached hydrogen (secondary N) is 1. The molecule has 0 saturated heterocycles. The van der Waals surface area contributed by atoms with Gasteiger partial charge in [0.15, 0.2) is 11.6 Å². The number of imidazole rings is 1. The van der Waals surface area contributed by atoms with Gasteiger partial charge in [-0.1, -0.05) is 6.92 Å². The molecule has 0 aliphatic heterocycles. The van der Waals surface area contributed by atoms with E-state index in [1.165, 1.54) is 6.07 Å². The largest absolute Gasteiger partial charge is 0.458 e. The van der Waals surface area contributed by atoms with Gasteiger partial charge in [-0.2, -0.15) is 0 Å². The molecular formula is C13H10BrFN2O. The van der Waals surface area contributed by atoms with Gasteiger partial charge in [0.1, 0.15) is 11.6 Å². The second-order valence-electron chi connectivity index (χ2n) is 3.99. The number of aryl methyl sites for hydroxylation is 1. The number of nitrogens with zero attached hydrogens (tertiary/aromatic N) is 1. The van der Waals surface area contributed by atoms with Crippen LogP contribution in [0.25, 0.3) is 22.6 Å². The Morgan fingerprint density at radius 1 is 1.39 bits per heavy atom. The van der Waals surface area contributed by atoms with Crippen molar-refractivity contribution < 1.29 is 8.81 Å². The summed E-state index contributed by atoms with van der Waals surface area (Å²) < 4.78 is 19.4. The molecule has 0 amide bonds. The second kappa shape index (κ2) is 4.24. The highest BCUT2D eigenvalue weighted by atomic mass is 79.9. The van der Waals surface area contributed by atoms with Crippen molar-refractivity contribution in [2.45, 2.75) is 13.3 Å². The summed E-state index contributed by atoms with van der Waals surface area (Å²) in [5.41, 5.74) is 1.35. The number of H-pyrrole nitrogens is 1. The second-order valence-corrected chi connectivity index (χ2v) is 4.84. The predicted molar refractivity (Wildman–Crippen MR) is 70.8 cm³/mol. The van der Waals surface area contributed by atoms with E-state index >= 15 is 0 Å². The summed E-state index contributed by atoms with van der Waals surface area (Å²) in [6.45, 7) is 2.02. The number of benzene rings is 1. The first-order chi connectivity index (χ1) is 8.67. The third-order valence-electron chi connectivity index (χ3n) is 2.77. The quantitative estimate of drug-likeness (QED) is 0.767. The maximum absolute atomic E-state index is 13.4. The van der Waals surface area contributed by atoms with Crippen LogP contribution in [0.1, 0.15) is 12.7 Å². The smallest absolute Gasteiger partial charge is 0.174 e. The number of hydrogen-bond donors (Lipinski definition) is 1. The van der Waals surface area contributed by atoms with Crippen molar-refractivity contribution in [3.05, 3.63) is 40.3 Å². The van der Waals surface area contributed by atoms with Crippen LogP contribution < -0.4 is 0 Å². The summed E-state index contributed by atoms with van der Waals surface area (Å²) in [6.07, 6.45) is 0.834. The van der Waals surface area contributed by atoms with Gasteiger partial charge >= 0.3 is 0 Å². The van der Waals surface area contributed by atoms with Crippen LogP contribution >= 0.6 is 15.9 Å². The number of fused-ring (bicyclic) bond motifs is 1. The van der Waals surface area contributed by atoms with Gasteiger partial charge in [0.25, 0.3) is 0 Å². The highest BCUT2D eigenvalue weighted by molar-refractivity contribution is 9.10. The Bertz CT molecular complexity index is 678. The molecule has 1 aromatic carbocycles. The van der Waals surface area contributed by atoms with E-state index in [-0.39, 0.29) is 5.82 Å². The summed E-state index contributed by atoms with van der Waals surface area (Å²) in [5, 5.41) is 0. The van der Waals surface area contributed by atoms with Crippen LogP contribution in [0.3, 0.4) is 0 Å². The molecule has 0 fully saturated rings. The van der Waals surface area contributed by atoms with E-state index in [0.29, 0.717) is 27.1 Å². The topological polar surface area (TPSA) is 41.8 Å². The van der Waals surface area contributed by atoms with E-state index < -0.39 is 0 Å². The molecule has 0 aliphatic carbocycles. The molecule has 1 N–H and O–H groups in total. The maximum Gasteiger partial charge on any atom is 0.174 e. The molecule has 3 aromatic rings. The maximum atomic E-state index is 13.4. The molecule has 18 heavy (non-hydrogen) atoms. The van der Waals surface area contributed by atoms with Crippen LogP contribution in [0, 0.1) is 5.82 Å². The predicted octanol–water partition coefficient (Wildman–Crippen LogP) is 4.29. The van der Waals surface area contributed by atoms with Gasteiger partial charge in [0.05, 0.1) is 15.5 Å². The SMILES string of the molecule is CCc1ccc(-c2nc3cc(Br)c(F)cc3[nH]2)o1. The zero-order valence-electron chi connectivity index (χ0n) is 9.63. The number of rotatable bonds is 2. The lowest BCUT2D eigenvalue weighted by molar-refractivity contribution is 0.526. The highest BCUT2D eigenvalue weighted by Crippen LogP contribution is 2.26. The lowest BCUT2D eigenvalue weighted by Gasteiger charge is -1.92. The molecule has 0 unspecified atom stereocenters. The Balaban J connectivity index is 2.13. The first kappa shape index (κ1) is 11.5. The first-order valence-electron chi connectivity index (χ1n) is 5.61. The highest BCUT2D eigenvalue weighted by Gasteiger charge is 2.11. The van der Waals surface area contributed by atoms with Crippen molar-refractivity contribution in [2.24, 2.45) is 0 Å². The molecule has 0 bridgehead atoms. The molecule has 0 saturated carbocycles. The fraction of sp³-hybridized carbons (Fsp3) is 0.154. The number of furan rings is 1. The fourth-order valence-electron chi connectivity index (χ4n) is 1.82. The van der Waals surface area contributed by atoms with Gasteiger partial charge in [-0.25, -0.2) is 9.37 Å². The fourth-order valence-corrected chi connectivity index (χ4v) is 2.15. The monoisotopic (exact) mass is 308 g/mol. The van der Waals surface area contributed by atoms with Crippen molar-refractivity contribution in [2.75, 3.05) is 0 Å². The minimum absolute atomic E-state index is 0.314. The van der Waals surface area contributed by atoms with Crippen LogP contribution in [0.4, 0.5) is 4.39 Å². The van der Waals surface area contributed by atoms with Crippen molar-refractivity contribution in [3.63, 3.8) is 0 Å². The summed E-state index contributed by atoms with van der Waals surface area (Å²) in [6, 6.07) is 6.84. The summed E-state index contributed by atoms with van der Waals surface area (Å²) in [7, 11) is 0. The summed E-state index contributed by atoms with van der Waals surface area (Å²) in [5.74, 6) is 1.87. The van der Waals surface area contributed by atoms with E-state index in [0.717, 1.165) is 12.2 Å².